The van der Waals surface area contributed by atoms with Gasteiger partial charge in [0, 0.05) is 0 Å². The maximum Gasteiger partial charge on any atom is 0.227 e. The molecule has 0 saturated carbocycles. The van der Waals surface area contributed by atoms with Gasteiger partial charge in [-0.15, -0.1) is 0 Å². The second kappa shape index (κ2) is 1.73. The monoisotopic (exact) mass is 108 g/mol. The molecule has 6 heavy (non-hydrogen) atoms. The number of hydrogen-bond acceptors (Lipinski definition) is 3. The van der Waals surface area contributed by atoms with Gasteiger partial charge in [0.25, 0.3) is 0 Å². The van der Waals surface area contributed by atoms with E-state index in [9.17, 15) is 4.57 Å². The molecule has 0 bridgehead atoms. The molecule has 0 aliphatic carbocycles. The summed E-state index contributed by atoms with van der Waals surface area (Å²) in [7, 11) is -1.73. The summed E-state index contributed by atoms with van der Waals surface area (Å²) in [6.45, 7) is 0.498. The van der Waals surface area contributed by atoms with Gasteiger partial charge in [0.1, 0.15) is 0 Å². The Balaban J connectivity index is 2.37. The average molecular weight is 108 g/mol. The zero-order chi connectivity index (χ0) is 4.41. The van der Waals surface area contributed by atoms with E-state index in [2.05, 4.69) is 9.56 Å². The van der Waals surface area contributed by atoms with Gasteiger partial charge < -0.3 is 0 Å². The Bertz CT molecular complexity index is 63.2. The van der Waals surface area contributed by atoms with Crippen molar-refractivity contribution in [2.45, 2.75) is 0 Å². The topological polar surface area (TPSA) is 35.5 Å². The third kappa shape index (κ3) is 0.805. The Hall–Kier alpha value is 0.150. The first kappa shape index (κ1) is 4.31. The Kier molecular flexibility index (Phi) is 1.25. The van der Waals surface area contributed by atoms with Crippen LogP contribution in [0.4, 0.5) is 0 Å². The highest BCUT2D eigenvalue weighted by molar-refractivity contribution is 7.39. The van der Waals surface area contributed by atoms with Gasteiger partial charge in [-0.2, -0.15) is 4.67 Å². The first-order chi connectivity index (χ1) is 2.89. The quantitative estimate of drug-likeness (QED) is 0.333. The lowest BCUT2D eigenvalue weighted by Crippen LogP contribution is -1.76. The predicted octanol–water partition coefficient (Wildman–Crippen LogP) is 0.423. The minimum Gasteiger partial charge on any atom is -0.293 e. The van der Waals surface area contributed by atoms with Gasteiger partial charge in [0.2, 0.25) is 8.03 Å². The van der Waals surface area contributed by atoms with Gasteiger partial charge in [-0.25, -0.2) is 4.89 Å². The summed E-state index contributed by atoms with van der Waals surface area (Å²) in [5, 5.41) is 0. The lowest BCUT2D eigenvalue weighted by Gasteiger charge is -1.78. The summed E-state index contributed by atoms with van der Waals surface area (Å²) >= 11 is 0. The summed E-state index contributed by atoms with van der Waals surface area (Å²) in [4.78, 5) is 4.29. The van der Waals surface area contributed by atoms with E-state index in [-0.39, 0.29) is 0 Å². The van der Waals surface area contributed by atoms with Crippen LogP contribution in [0.2, 0.25) is 0 Å². The van der Waals surface area contributed by atoms with Crippen molar-refractivity contribution in [3.05, 3.63) is 0 Å². The molecule has 0 aromatic heterocycles. The Morgan fingerprint density at radius 2 is 2.50 bits per heavy atom. The van der Waals surface area contributed by atoms with E-state index in [0.29, 0.717) is 12.8 Å². The molecule has 0 amide bonds. The molecule has 0 spiro atoms. The molecule has 0 aromatic carbocycles. The maximum absolute atomic E-state index is 10.1. The number of hydrogen-bond donors (Lipinski definition) is 0. The molecule has 1 rings (SSSR count). The third-order valence-electron chi connectivity index (χ3n) is 0.541. The molecule has 1 unspecified atom stereocenters. The van der Waals surface area contributed by atoms with Crippen LogP contribution in [0.15, 0.2) is 0 Å². The molecule has 1 heterocycles. The Labute approximate surface area is 36.0 Å². The minimum absolute atomic E-state index is 0.498. The van der Waals surface area contributed by atoms with Crippen LogP contribution in [0.5, 0.6) is 0 Å². The standard InChI is InChI=1S/C2H5O3P/c3-6-2-1-4-5-6/h6H,1-2H2. The molecule has 3 nitrogen and oxygen atoms in total. The SMILES string of the molecule is O=[PH]1CCOO1. The highest BCUT2D eigenvalue weighted by atomic mass is 31.1. The molecule has 0 N–H and O–H groups in total. The van der Waals surface area contributed by atoms with Crippen LogP contribution in [0.25, 0.3) is 0 Å². The van der Waals surface area contributed by atoms with Crippen LogP contribution in [-0.4, -0.2) is 12.8 Å². The van der Waals surface area contributed by atoms with Gasteiger partial charge in [-0.1, -0.05) is 0 Å². The molecule has 1 saturated heterocycles. The van der Waals surface area contributed by atoms with Gasteiger partial charge >= 0.3 is 0 Å². The molecular weight excluding hydrogens is 103 g/mol. The summed E-state index contributed by atoms with van der Waals surface area (Å²) in [6.07, 6.45) is 0.588. The summed E-state index contributed by atoms with van der Waals surface area (Å²) < 4.78 is 14.3. The van der Waals surface area contributed by atoms with E-state index >= 15 is 0 Å². The van der Waals surface area contributed by atoms with Crippen LogP contribution >= 0.6 is 8.03 Å². The van der Waals surface area contributed by atoms with Crippen molar-refractivity contribution >= 4 is 8.03 Å². The summed E-state index contributed by atoms with van der Waals surface area (Å²) in [5.74, 6) is 0. The summed E-state index contributed by atoms with van der Waals surface area (Å²) in [6, 6.07) is 0. The van der Waals surface area contributed by atoms with Crippen LogP contribution < -0.4 is 0 Å². The van der Waals surface area contributed by atoms with Crippen molar-refractivity contribution in [3.63, 3.8) is 0 Å². The van der Waals surface area contributed by atoms with Crippen molar-refractivity contribution in [1.29, 1.82) is 0 Å². The predicted molar refractivity (Wildman–Crippen MR) is 20.9 cm³/mol. The second-order valence-corrected chi connectivity index (χ2v) is 2.44. The van der Waals surface area contributed by atoms with Crippen molar-refractivity contribution in [1.82, 2.24) is 0 Å². The van der Waals surface area contributed by atoms with Gasteiger partial charge in [-0.3, -0.25) is 4.57 Å². The smallest absolute Gasteiger partial charge is 0.227 e. The van der Waals surface area contributed by atoms with Crippen molar-refractivity contribution < 1.29 is 14.1 Å². The fourth-order valence-corrected chi connectivity index (χ4v) is 0.822. The minimum atomic E-state index is -1.73. The fourth-order valence-electron chi connectivity index (χ4n) is 0.274. The average Bonchev–Trinajstić information content (AvgIpc) is 1.86. The van der Waals surface area contributed by atoms with E-state index in [1.165, 1.54) is 0 Å². The molecule has 1 atom stereocenters. The molecule has 0 aromatic rings. The van der Waals surface area contributed by atoms with Crippen molar-refractivity contribution in [2.75, 3.05) is 12.8 Å². The fraction of sp³-hybridized carbons (Fsp3) is 1.00. The zero-order valence-electron chi connectivity index (χ0n) is 3.14. The molecule has 36 valence electrons. The third-order valence-corrected chi connectivity index (χ3v) is 1.46. The van der Waals surface area contributed by atoms with E-state index in [0.717, 1.165) is 0 Å². The summed E-state index contributed by atoms with van der Waals surface area (Å²) in [5.41, 5.74) is 0. The molecule has 1 fully saturated rings. The molecule has 4 heteroatoms. The zero-order valence-corrected chi connectivity index (χ0v) is 4.14. The molecule has 1 aliphatic heterocycles. The first-order valence-corrected chi connectivity index (χ1v) is 3.24. The van der Waals surface area contributed by atoms with Crippen LogP contribution in [0.1, 0.15) is 0 Å². The highest BCUT2D eigenvalue weighted by Crippen LogP contribution is 2.26. The van der Waals surface area contributed by atoms with E-state index in [1.807, 2.05) is 0 Å². The van der Waals surface area contributed by atoms with Crippen molar-refractivity contribution in [2.24, 2.45) is 0 Å². The van der Waals surface area contributed by atoms with Crippen molar-refractivity contribution in [3.8, 4) is 0 Å². The van der Waals surface area contributed by atoms with E-state index in [4.69, 9.17) is 0 Å². The van der Waals surface area contributed by atoms with Crippen LogP contribution in [-0.2, 0) is 14.1 Å². The number of rotatable bonds is 0. The van der Waals surface area contributed by atoms with Gasteiger partial charge in [0.05, 0.1) is 12.8 Å². The van der Waals surface area contributed by atoms with Crippen LogP contribution in [0, 0.1) is 0 Å². The Morgan fingerprint density at radius 3 is 2.67 bits per heavy atom. The maximum atomic E-state index is 10.1. The lowest BCUT2D eigenvalue weighted by molar-refractivity contribution is -0.176. The molecular formula is C2H5O3P. The van der Waals surface area contributed by atoms with Gasteiger partial charge in [0.15, 0.2) is 0 Å². The van der Waals surface area contributed by atoms with Crippen LogP contribution in [0.3, 0.4) is 0 Å². The Morgan fingerprint density at radius 1 is 1.67 bits per heavy atom. The largest absolute Gasteiger partial charge is 0.293 e. The molecule has 1 aliphatic rings. The normalized spacial score (nSPS) is 34.3. The van der Waals surface area contributed by atoms with E-state index in [1.54, 1.807) is 0 Å². The van der Waals surface area contributed by atoms with Gasteiger partial charge in [-0.05, 0) is 0 Å². The second-order valence-electron chi connectivity index (χ2n) is 1.03. The lowest BCUT2D eigenvalue weighted by atomic mass is 10.9. The molecule has 0 radical (unpaired) electrons. The highest BCUT2D eigenvalue weighted by Gasteiger charge is 2.07. The van der Waals surface area contributed by atoms with E-state index < -0.39 is 8.03 Å². The first-order valence-electron chi connectivity index (χ1n) is 1.72.